The number of aliphatic hydroxyl groups excluding tert-OH is 1. The molecular formula is C28H48O4Si. The fourth-order valence-corrected chi connectivity index (χ4v) is 6.13. The van der Waals surface area contributed by atoms with Crippen LogP contribution in [0.25, 0.3) is 0 Å². The molecule has 5 heteroatoms. The van der Waals surface area contributed by atoms with Gasteiger partial charge in [0.15, 0.2) is 0 Å². The topological polar surface area (TPSA) is 66.8 Å². The second-order valence-corrected chi connectivity index (χ2v) is 16.6. The zero-order valence-electron chi connectivity index (χ0n) is 22.2. The van der Waals surface area contributed by atoms with E-state index in [1.807, 2.05) is 13.0 Å². The van der Waals surface area contributed by atoms with Gasteiger partial charge in [0.25, 0.3) is 8.32 Å². The fraction of sp³-hybridized carbons (Fsp3) is 0.786. The Balaban J connectivity index is 2.35. The second kappa shape index (κ2) is 11.4. The third-order valence-electron chi connectivity index (χ3n) is 8.46. The molecule has 3 atom stereocenters. The number of aliphatic hydroxyl groups is 1. The van der Waals surface area contributed by atoms with Gasteiger partial charge in [-0.1, -0.05) is 70.8 Å². The molecule has 0 amide bonds. The number of hydrogen-bond acceptors (Lipinski definition) is 3. The number of carbonyl (C=O) groups is 1. The van der Waals surface area contributed by atoms with Crippen LogP contribution >= 0.6 is 0 Å². The van der Waals surface area contributed by atoms with Crippen molar-refractivity contribution in [3.05, 3.63) is 29.2 Å². The Hall–Kier alpha value is -1.29. The van der Waals surface area contributed by atoms with E-state index in [4.69, 9.17) is 4.43 Å². The SMILES string of the molecule is CCCC1=CCC(O)[C@@H]1CCC=C=C(O[Si](C)(C)C(C)(C)C)C(C)(C(=O)O)C1CCCCC1. The van der Waals surface area contributed by atoms with E-state index in [1.54, 1.807) is 0 Å². The summed E-state index contributed by atoms with van der Waals surface area (Å²) in [5.74, 6) is -0.00898. The minimum Gasteiger partial charge on any atom is -0.540 e. The van der Waals surface area contributed by atoms with Gasteiger partial charge in [-0.3, -0.25) is 4.79 Å². The molecule has 0 aromatic heterocycles. The van der Waals surface area contributed by atoms with Gasteiger partial charge in [-0.2, -0.15) is 0 Å². The molecule has 0 heterocycles. The summed E-state index contributed by atoms with van der Waals surface area (Å²) in [5.41, 5.74) is 3.69. The van der Waals surface area contributed by atoms with Crippen molar-refractivity contribution in [2.24, 2.45) is 17.3 Å². The molecule has 188 valence electrons. The van der Waals surface area contributed by atoms with E-state index in [1.165, 1.54) is 12.0 Å². The molecule has 1 fully saturated rings. The molecule has 2 N–H and O–H groups in total. The molecule has 2 unspecified atom stereocenters. The first-order valence-corrected chi connectivity index (χ1v) is 16.0. The van der Waals surface area contributed by atoms with Crippen molar-refractivity contribution in [3.8, 4) is 0 Å². The predicted octanol–water partition coefficient (Wildman–Crippen LogP) is 7.61. The smallest absolute Gasteiger partial charge is 0.317 e. The number of carboxylic acids is 1. The van der Waals surface area contributed by atoms with E-state index in [-0.39, 0.29) is 23.0 Å². The van der Waals surface area contributed by atoms with Crippen LogP contribution in [0.15, 0.2) is 29.2 Å². The molecule has 4 nitrogen and oxygen atoms in total. The quantitative estimate of drug-likeness (QED) is 0.147. The van der Waals surface area contributed by atoms with E-state index in [0.717, 1.165) is 57.8 Å². The van der Waals surface area contributed by atoms with E-state index < -0.39 is 19.7 Å². The Morgan fingerprint density at radius 2 is 1.85 bits per heavy atom. The van der Waals surface area contributed by atoms with Gasteiger partial charge in [0.05, 0.1) is 6.10 Å². The number of carboxylic acid groups (broad SMARTS) is 1. The summed E-state index contributed by atoms with van der Waals surface area (Å²) in [6.45, 7) is 14.9. The van der Waals surface area contributed by atoms with E-state index >= 15 is 0 Å². The molecule has 0 aromatic carbocycles. The highest BCUT2D eigenvalue weighted by Crippen LogP contribution is 2.47. The van der Waals surface area contributed by atoms with Crippen molar-refractivity contribution in [2.45, 2.75) is 123 Å². The van der Waals surface area contributed by atoms with Crippen LogP contribution in [0.2, 0.25) is 18.1 Å². The van der Waals surface area contributed by atoms with Gasteiger partial charge in [0.2, 0.25) is 0 Å². The Bertz CT molecular complexity index is 763. The third kappa shape index (κ3) is 6.65. The van der Waals surface area contributed by atoms with Crippen molar-refractivity contribution in [1.82, 2.24) is 0 Å². The normalized spacial score (nSPS) is 23.9. The van der Waals surface area contributed by atoms with Gasteiger partial charge in [-0.15, -0.1) is 0 Å². The lowest BCUT2D eigenvalue weighted by atomic mass is 9.69. The average Bonchev–Trinajstić information content (AvgIpc) is 3.08. The highest BCUT2D eigenvalue weighted by Gasteiger charge is 2.50. The molecule has 2 rings (SSSR count). The van der Waals surface area contributed by atoms with Crippen molar-refractivity contribution < 1.29 is 19.4 Å². The van der Waals surface area contributed by atoms with Crippen LogP contribution in [0.3, 0.4) is 0 Å². The number of rotatable bonds is 10. The van der Waals surface area contributed by atoms with Gasteiger partial charge in [0.1, 0.15) is 11.2 Å². The molecule has 0 aromatic rings. The van der Waals surface area contributed by atoms with Crippen LogP contribution in [0.4, 0.5) is 0 Å². The molecule has 2 aliphatic carbocycles. The first-order chi connectivity index (χ1) is 15.3. The lowest BCUT2D eigenvalue weighted by Crippen LogP contribution is -2.46. The van der Waals surface area contributed by atoms with E-state index in [2.05, 4.69) is 52.6 Å². The van der Waals surface area contributed by atoms with Gasteiger partial charge >= 0.3 is 5.97 Å². The maximum Gasteiger partial charge on any atom is 0.317 e. The lowest BCUT2D eigenvalue weighted by molar-refractivity contribution is -0.151. The molecule has 0 radical (unpaired) electrons. The summed E-state index contributed by atoms with van der Waals surface area (Å²) in [6.07, 6.45) is 13.6. The van der Waals surface area contributed by atoms with Gasteiger partial charge in [0, 0.05) is 5.92 Å². The molecule has 2 aliphatic rings. The van der Waals surface area contributed by atoms with E-state index in [0.29, 0.717) is 5.76 Å². The summed E-state index contributed by atoms with van der Waals surface area (Å²) in [6, 6.07) is 0. The van der Waals surface area contributed by atoms with Crippen molar-refractivity contribution in [1.29, 1.82) is 0 Å². The van der Waals surface area contributed by atoms with Gasteiger partial charge in [-0.25, -0.2) is 0 Å². The van der Waals surface area contributed by atoms with Crippen molar-refractivity contribution >= 4 is 14.3 Å². The summed E-state index contributed by atoms with van der Waals surface area (Å²) in [4.78, 5) is 12.7. The van der Waals surface area contributed by atoms with E-state index in [9.17, 15) is 15.0 Å². The molecule has 0 saturated heterocycles. The van der Waals surface area contributed by atoms with Crippen LogP contribution in [-0.4, -0.2) is 30.6 Å². The summed E-state index contributed by atoms with van der Waals surface area (Å²) >= 11 is 0. The minimum absolute atomic E-state index is 0.0281. The zero-order valence-corrected chi connectivity index (χ0v) is 23.2. The lowest BCUT2D eigenvalue weighted by Gasteiger charge is -2.43. The Morgan fingerprint density at radius 3 is 2.39 bits per heavy atom. The highest BCUT2D eigenvalue weighted by atomic mass is 28.4. The largest absolute Gasteiger partial charge is 0.540 e. The standard InChI is InChI=1S/C28H48O4Si/c1-8-14-21-19-20-24(29)23(21)17-12-13-18-25(32-33(6,7)27(2,3)4)28(5,26(30)31)22-15-10-9-11-16-22/h13,19,22-24,29H,8-12,14-17,20H2,1-7H3,(H,30,31)/t18?,23-,24?,28?/m1/s1. The summed E-state index contributed by atoms with van der Waals surface area (Å²) < 4.78 is 6.71. The Morgan fingerprint density at radius 1 is 1.21 bits per heavy atom. The van der Waals surface area contributed by atoms with Gasteiger partial charge < -0.3 is 14.6 Å². The zero-order chi connectivity index (χ0) is 24.9. The maximum atomic E-state index is 12.7. The average molecular weight is 477 g/mol. The third-order valence-corrected chi connectivity index (χ3v) is 12.8. The molecule has 33 heavy (non-hydrogen) atoms. The minimum atomic E-state index is -2.24. The number of hydrogen-bond donors (Lipinski definition) is 2. The second-order valence-electron chi connectivity index (χ2n) is 11.9. The first kappa shape index (κ1) is 27.9. The van der Waals surface area contributed by atoms with Crippen LogP contribution in [0.5, 0.6) is 0 Å². The van der Waals surface area contributed by atoms with Crippen LogP contribution in [0, 0.1) is 17.3 Å². The fourth-order valence-electron chi connectivity index (χ4n) is 5.05. The molecule has 0 spiro atoms. The monoisotopic (exact) mass is 476 g/mol. The van der Waals surface area contributed by atoms with Crippen LogP contribution < -0.4 is 0 Å². The Labute approximate surface area is 203 Å². The number of aliphatic carboxylic acids is 1. The maximum absolute atomic E-state index is 12.7. The summed E-state index contributed by atoms with van der Waals surface area (Å²) in [7, 11) is -2.24. The highest BCUT2D eigenvalue weighted by molar-refractivity contribution is 6.74. The van der Waals surface area contributed by atoms with Crippen molar-refractivity contribution in [3.63, 3.8) is 0 Å². The summed E-state index contributed by atoms with van der Waals surface area (Å²) in [5, 5.41) is 20.8. The molecule has 0 aliphatic heterocycles. The molecular weight excluding hydrogens is 428 g/mol. The molecule has 1 saturated carbocycles. The molecule has 0 bridgehead atoms. The van der Waals surface area contributed by atoms with Crippen molar-refractivity contribution in [2.75, 3.05) is 0 Å². The van der Waals surface area contributed by atoms with Gasteiger partial charge in [-0.05, 0) is 75.6 Å². The van der Waals surface area contributed by atoms with Crippen LogP contribution in [-0.2, 0) is 9.22 Å². The first-order valence-electron chi connectivity index (χ1n) is 13.1. The predicted molar refractivity (Wildman–Crippen MR) is 139 cm³/mol. The van der Waals surface area contributed by atoms with Crippen LogP contribution in [0.1, 0.15) is 98.8 Å². The Kier molecular flexibility index (Phi) is 9.67.